The maximum atomic E-state index is 15.3. The lowest BCUT2D eigenvalue weighted by Gasteiger charge is -2.40. The molecular formula is C25H31FN4O4S. The van der Waals surface area contributed by atoms with E-state index in [0.29, 0.717) is 43.7 Å². The summed E-state index contributed by atoms with van der Waals surface area (Å²) in [5.41, 5.74) is 7.08. The van der Waals surface area contributed by atoms with E-state index < -0.39 is 39.1 Å². The van der Waals surface area contributed by atoms with Gasteiger partial charge < -0.3 is 15.5 Å². The van der Waals surface area contributed by atoms with E-state index in [9.17, 15) is 18.0 Å². The minimum atomic E-state index is -3.68. The van der Waals surface area contributed by atoms with Crippen LogP contribution in [-0.4, -0.2) is 61.7 Å². The number of amides is 2. The van der Waals surface area contributed by atoms with Crippen LogP contribution in [0.25, 0.3) is 0 Å². The summed E-state index contributed by atoms with van der Waals surface area (Å²) in [6, 6.07) is 12.4. The van der Waals surface area contributed by atoms with Crippen LogP contribution in [0.3, 0.4) is 0 Å². The van der Waals surface area contributed by atoms with Gasteiger partial charge in [0.25, 0.3) is 0 Å². The molecule has 0 spiro atoms. The molecule has 2 N–H and O–H groups in total. The van der Waals surface area contributed by atoms with Gasteiger partial charge in [-0.15, -0.1) is 0 Å². The van der Waals surface area contributed by atoms with E-state index in [2.05, 4.69) is 0 Å². The van der Waals surface area contributed by atoms with Crippen molar-refractivity contribution >= 4 is 27.5 Å². The summed E-state index contributed by atoms with van der Waals surface area (Å²) in [4.78, 5) is 27.0. The van der Waals surface area contributed by atoms with E-state index in [1.54, 1.807) is 19.1 Å². The molecule has 2 unspecified atom stereocenters. The summed E-state index contributed by atoms with van der Waals surface area (Å²) >= 11 is 0. The zero-order chi connectivity index (χ0) is 25.3. The zero-order valence-corrected chi connectivity index (χ0v) is 20.7. The Morgan fingerprint density at radius 2 is 1.80 bits per heavy atom. The molecule has 2 aromatic carbocycles. The van der Waals surface area contributed by atoms with Crippen LogP contribution in [0.1, 0.15) is 49.1 Å². The van der Waals surface area contributed by atoms with Gasteiger partial charge in [-0.3, -0.25) is 9.59 Å². The molecule has 188 valence electrons. The molecule has 2 heterocycles. The number of nitrogens with two attached hydrogens (primary N) is 1. The van der Waals surface area contributed by atoms with E-state index in [-0.39, 0.29) is 12.5 Å². The fourth-order valence-corrected chi connectivity index (χ4v) is 7.37. The summed E-state index contributed by atoms with van der Waals surface area (Å²) in [6.07, 6.45) is 1.22. The Labute approximate surface area is 205 Å². The molecule has 0 saturated carbocycles. The van der Waals surface area contributed by atoms with Crippen LogP contribution in [0, 0.1) is 5.82 Å². The maximum absolute atomic E-state index is 15.3. The van der Waals surface area contributed by atoms with E-state index in [0.717, 1.165) is 5.56 Å². The number of piperazine rings is 1. The number of primary amides is 1. The Hall–Kier alpha value is -2.98. The van der Waals surface area contributed by atoms with Gasteiger partial charge >= 0.3 is 0 Å². The summed E-state index contributed by atoms with van der Waals surface area (Å²) in [6.45, 7) is 4.33. The summed E-state index contributed by atoms with van der Waals surface area (Å²) < 4.78 is 43.7. The van der Waals surface area contributed by atoms with Crippen LogP contribution >= 0.6 is 0 Å². The number of anilines is 1. The Morgan fingerprint density at radius 1 is 1.09 bits per heavy atom. The zero-order valence-electron chi connectivity index (χ0n) is 19.9. The van der Waals surface area contributed by atoms with Gasteiger partial charge in [0.05, 0.1) is 0 Å². The predicted molar refractivity (Wildman–Crippen MR) is 131 cm³/mol. The molecule has 3 atom stereocenters. The Bertz CT molecular complexity index is 1210. The van der Waals surface area contributed by atoms with Crippen molar-refractivity contribution in [1.82, 2.24) is 9.21 Å². The Morgan fingerprint density at radius 3 is 2.43 bits per heavy atom. The van der Waals surface area contributed by atoms with Crippen LogP contribution in [0.2, 0.25) is 0 Å². The number of sulfonamides is 1. The number of carbonyl (C=O) groups excluding carboxylic acids is 2. The predicted octanol–water partition coefficient (Wildman–Crippen LogP) is 2.58. The van der Waals surface area contributed by atoms with Crippen LogP contribution in [0.4, 0.5) is 10.1 Å². The van der Waals surface area contributed by atoms with Crippen molar-refractivity contribution in [2.45, 2.75) is 44.0 Å². The van der Waals surface area contributed by atoms with Gasteiger partial charge in [-0.1, -0.05) is 36.4 Å². The molecule has 0 bridgehead atoms. The number of rotatable bonds is 5. The van der Waals surface area contributed by atoms with Crippen molar-refractivity contribution in [3.63, 3.8) is 0 Å². The molecule has 2 aromatic rings. The number of halogens is 1. The molecule has 0 radical (unpaired) electrons. The maximum Gasteiger partial charge on any atom is 0.242 e. The second kappa shape index (κ2) is 9.94. The normalized spacial score (nSPS) is 23.6. The van der Waals surface area contributed by atoms with Crippen molar-refractivity contribution < 1.29 is 22.4 Å². The lowest BCUT2D eigenvalue weighted by molar-refractivity contribution is -0.138. The third kappa shape index (κ3) is 4.90. The van der Waals surface area contributed by atoms with Crippen molar-refractivity contribution in [3.8, 4) is 0 Å². The first-order chi connectivity index (χ1) is 16.6. The minimum Gasteiger partial charge on any atom is -0.368 e. The Balaban J connectivity index is 1.56. The second-order valence-electron chi connectivity index (χ2n) is 9.16. The first-order valence-corrected chi connectivity index (χ1v) is 13.3. The molecule has 2 fully saturated rings. The smallest absolute Gasteiger partial charge is 0.242 e. The summed E-state index contributed by atoms with van der Waals surface area (Å²) in [5.74, 6) is -1.36. The molecule has 10 heteroatoms. The first kappa shape index (κ1) is 25.1. The highest BCUT2D eigenvalue weighted by atomic mass is 32.2. The van der Waals surface area contributed by atoms with Crippen LogP contribution in [-0.2, 0) is 19.6 Å². The number of benzene rings is 2. The van der Waals surface area contributed by atoms with E-state index in [4.69, 9.17) is 5.73 Å². The van der Waals surface area contributed by atoms with E-state index in [1.807, 2.05) is 35.2 Å². The van der Waals surface area contributed by atoms with E-state index >= 15 is 4.39 Å². The fraction of sp³-hybridized carbons (Fsp3) is 0.440. The minimum absolute atomic E-state index is 0.169. The standard InChI is InChI=1S/C25H31FN4O4S/c1-17(30-12-6-9-24(35(30,33)34)19-7-4-3-5-8-19)21-11-10-20(15-22(21)26)28-13-14-29(18(2)31)23(16-28)25(27)32/h3-5,7-8,10-11,15,17,23-24H,6,9,12-14,16H2,1-2H3,(H2,27,32)/t17?,23-,24?/m1/s1. The number of hydrogen-bond donors (Lipinski definition) is 1. The van der Waals surface area contributed by atoms with Gasteiger partial charge in [0, 0.05) is 50.4 Å². The fourth-order valence-electron chi connectivity index (χ4n) is 5.14. The van der Waals surface area contributed by atoms with Crippen molar-refractivity contribution in [3.05, 3.63) is 65.5 Å². The molecule has 2 amide bonds. The van der Waals surface area contributed by atoms with Gasteiger partial charge in [0.1, 0.15) is 17.1 Å². The van der Waals surface area contributed by atoms with Gasteiger partial charge in [-0.25, -0.2) is 12.8 Å². The highest BCUT2D eigenvalue weighted by Gasteiger charge is 2.40. The molecule has 8 nitrogen and oxygen atoms in total. The van der Waals surface area contributed by atoms with Gasteiger partial charge in [0.2, 0.25) is 21.8 Å². The number of carbonyl (C=O) groups is 2. The average Bonchev–Trinajstić information content (AvgIpc) is 2.83. The molecule has 0 aromatic heterocycles. The number of hydrogen-bond acceptors (Lipinski definition) is 5. The molecule has 35 heavy (non-hydrogen) atoms. The van der Waals surface area contributed by atoms with Gasteiger partial charge in [-0.2, -0.15) is 4.31 Å². The van der Waals surface area contributed by atoms with Crippen molar-refractivity contribution in [2.75, 3.05) is 31.1 Å². The third-order valence-corrected chi connectivity index (χ3v) is 9.43. The van der Waals surface area contributed by atoms with Crippen molar-refractivity contribution in [1.29, 1.82) is 0 Å². The van der Waals surface area contributed by atoms with Crippen LogP contribution in [0.15, 0.2) is 48.5 Å². The molecule has 2 aliphatic rings. The number of nitrogens with zero attached hydrogens (tertiary/aromatic N) is 3. The molecular weight excluding hydrogens is 471 g/mol. The highest BCUT2D eigenvalue weighted by molar-refractivity contribution is 7.89. The lowest BCUT2D eigenvalue weighted by Crippen LogP contribution is -2.59. The monoisotopic (exact) mass is 502 g/mol. The van der Waals surface area contributed by atoms with E-state index in [1.165, 1.54) is 22.2 Å². The molecule has 2 saturated heterocycles. The van der Waals surface area contributed by atoms with Crippen molar-refractivity contribution in [2.24, 2.45) is 5.73 Å². The topological polar surface area (TPSA) is 104 Å². The largest absolute Gasteiger partial charge is 0.368 e. The third-order valence-electron chi connectivity index (χ3n) is 7.05. The first-order valence-electron chi connectivity index (χ1n) is 11.8. The highest BCUT2D eigenvalue weighted by Crippen LogP contribution is 2.39. The summed E-state index contributed by atoms with van der Waals surface area (Å²) in [5, 5.41) is -0.648. The second-order valence-corrected chi connectivity index (χ2v) is 11.2. The van der Waals surface area contributed by atoms with Crippen LogP contribution < -0.4 is 10.6 Å². The molecule has 2 aliphatic heterocycles. The summed E-state index contributed by atoms with van der Waals surface area (Å²) in [7, 11) is -3.68. The molecule has 0 aliphatic carbocycles. The lowest BCUT2D eigenvalue weighted by atomic mass is 10.0. The SMILES string of the molecule is CC(=O)N1CCN(c2ccc(C(C)N3CCCC(c4ccccc4)S3(=O)=O)c(F)c2)C[C@@H]1C(N)=O. The van der Waals surface area contributed by atoms with Gasteiger partial charge in [0.15, 0.2) is 0 Å². The molecule has 4 rings (SSSR count). The quantitative estimate of drug-likeness (QED) is 0.677. The van der Waals surface area contributed by atoms with Gasteiger partial charge in [-0.05, 0) is 37.5 Å². The van der Waals surface area contributed by atoms with Crippen LogP contribution in [0.5, 0.6) is 0 Å². The Kier molecular flexibility index (Phi) is 7.14. The average molecular weight is 503 g/mol.